The average Bonchev–Trinajstić information content (AvgIpc) is 3.40. The van der Waals surface area contributed by atoms with E-state index in [4.69, 9.17) is 25.5 Å². The molecule has 2 heterocycles. The van der Waals surface area contributed by atoms with Gasteiger partial charge in [0.25, 0.3) is 0 Å². The van der Waals surface area contributed by atoms with E-state index in [1.807, 2.05) is 36.4 Å². The largest absolute Gasteiger partial charge is 0.493 e. The number of hydrazone groups is 1. The number of hydrogen-bond acceptors (Lipinski definition) is 5. The predicted molar refractivity (Wildman–Crippen MR) is 117 cm³/mol. The number of methoxy groups -OCH3 is 2. The zero-order valence-electron chi connectivity index (χ0n) is 16.3. The van der Waals surface area contributed by atoms with Crippen molar-refractivity contribution in [2.75, 3.05) is 14.2 Å². The summed E-state index contributed by atoms with van der Waals surface area (Å²) in [6, 6.07) is 15.9. The van der Waals surface area contributed by atoms with Gasteiger partial charge in [0.1, 0.15) is 0 Å². The number of rotatable bonds is 5. The highest BCUT2D eigenvalue weighted by Crippen LogP contribution is 2.38. The number of nitrogens with zero attached hydrogens (tertiary/aromatic N) is 2. The van der Waals surface area contributed by atoms with Crippen LogP contribution in [-0.2, 0) is 0 Å². The molecular formula is C22H18BrClN2O4. The highest BCUT2D eigenvalue weighted by atomic mass is 79.9. The van der Waals surface area contributed by atoms with Crippen LogP contribution in [0.15, 0.2) is 68.8 Å². The fraction of sp³-hybridized carbons (Fsp3) is 0.182. The van der Waals surface area contributed by atoms with Crippen molar-refractivity contribution >= 4 is 39.1 Å². The normalized spacial score (nSPS) is 15.8. The van der Waals surface area contributed by atoms with Gasteiger partial charge in [-0.3, -0.25) is 4.79 Å². The quantitative estimate of drug-likeness (QED) is 0.461. The van der Waals surface area contributed by atoms with Crippen molar-refractivity contribution in [1.82, 2.24) is 5.01 Å². The lowest BCUT2D eigenvalue weighted by Crippen LogP contribution is -2.27. The van der Waals surface area contributed by atoms with Gasteiger partial charge >= 0.3 is 5.91 Å². The summed E-state index contributed by atoms with van der Waals surface area (Å²) < 4.78 is 16.7. The van der Waals surface area contributed by atoms with E-state index < -0.39 is 0 Å². The molecular weight excluding hydrogens is 472 g/mol. The molecule has 0 bridgehead atoms. The maximum absolute atomic E-state index is 13.2. The molecule has 1 atom stereocenters. The molecule has 0 fully saturated rings. The van der Waals surface area contributed by atoms with E-state index in [0.29, 0.717) is 27.6 Å². The number of carbonyl (C=O) groups excluding carboxylic acids is 1. The Labute approximate surface area is 187 Å². The topological polar surface area (TPSA) is 64.3 Å². The Hall–Kier alpha value is -2.77. The summed E-state index contributed by atoms with van der Waals surface area (Å²) in [4.78, 5) is 13.2. The van der Waals surface area contributed by atoms with Gasteiger partial charge in [0, 0.05) is 17.0 Å². The van der Waals surface area contributed by atoms with Crippen molar-refractivity contribution < 1.29 is 18.7 Å². The van der Waals surface area contributed by atoms with Gasteiger partial charge in [0.2, 0.25) is 0 Å². The molecule has 3 aromatic rings. The number of ether oxygens (including phenoxy) is 2. The minimum atomic E-state index is -0.363. The lowest BCUT2D eigenvalue weighted by molar-refractivity contribution is 0.0677. The number of furan rings is 1. The van der Waals surface area contributed by atoms with E-state index in [9.17, 15) is 4.79 Å². The van der Waals surface area contributed by atoms with Crippen molar-refractivity contribution in [3.05, 3.63) is 81.2 Å². The Kier molecular flexibility index (Phi) is 5.83. The molecule has 0 spiro atoms. The molecule has 1 aliphatic heterocycles. The summed E-state index contributed by atoms with van der Waals surface area (Å²) in [6.07, 6.45) is 0.493. The van der Waals surface area contributed by atoms with Crippen LogP contribution >= 0.6 is 27.5 Å². The molecule has 4 rings (SSSR count). The number of halogens is 2. The SMILES string of the molecule is COc1ccc(C2=NN(C(=O)c3ccc(Br)o3)C(c3ccccc3Cl)C2)cc1OC. The first kappa shape index (κ1) is 20.5. The van der Waals surface area contributed by atoms with Gasteiger partial charge in [-0.25, -0.2) is 5.01 Å². The van der Waals surface area contributed by atoms with E-state index in [0.717, 1.165) is 16.8 Å². The van der Waals surface area contributed by atoms with Crippen molar-refractivity contribution in [3.8, 4) is 11.5 Å². The number of hydrogen-bond donors (Lipinski definition) is 0. The second kappa shape index (κ2) is 8.53. The second-order valence-electron chi connectivity index (χ2n) is 6.61. The summed E-state index contributed by atoms with van der Waals surface area (Å²) in [5.41, 5.74) is 2.39. The Morgan fingerprint density at radius 3 is 2.57 bits per heavy atom. The zero-order valence-corrected chi connectivity index (χ0v) is 18.6. The van der Waals surface area contributed by atoms with Crippen LogP contribution in [-0.4, -0.2) is 30.8 Å². The molecule has 0 radical (unpaired) electrons. The standard InChI is InChI=1S/C22H18BrClN2O4/c1-28-18-8-7-13(11-20(18)29-2)16-12-17(14-5-3-4-6-15(14)24)26(25-16)22(27)19-9-10-21(23)30-19/h3-11,17H,12H2,1-2H3. The summed E-state index contributed by atoms with van der Waals surface area (Å²) in [5.74, 6) is 1.06. The number of benzene rings is 2. The van der Waals surface area contributed by atoms with Gasteiger partial charge in [0.15, 0.2) is 21.9 Å². The van der Waals surface area contributed by atoms with Gasteiger partial charge in [-0.1, -0.05) is 29.8 Å². The molecule has 1 amide bonds. The van der Waals surface area contributed by atoms with Crippen LogP contribution in [0, 0.1) is 0 Å². The second-order valence-corrected chi connectivity index (χ2v) is 7.80. The maximum atomic E-state index is 13.2. The van der Waals surface area contributed by atoms with Gasteiger partial charge < -0.3 is 13.9 Å². The van der Waals surface area contributed by atoms with Crippen LogP contribution in [0.25, 0.3) is 0 Å². The van der Waals surface area contributed by atoms with Gasteiger partial charge in [-0.15, -0.1) is 0 Å². The van der Waals surface area contributed by atoms with Gasteiger partial charge in [0.05, 0.1) is 26.0 Å². The molecule has 0 saturated carbocycles. The van der Waals surface area contributed by atoms with E-state index >= 15 is 0 Å². The fourth-order valence-corrected chi connectivity index (χ4v) is 3.99. The fourth-order valence-electron chi connectivity index (χ4n) is 3.42. The lowest BCUT2D eigenvalue weighted by atomic mass is 9.98. The minimum absolute atomic E-state index is 0.191. The molecule has 8 heteroatoms. The molecule has 154 valence electrons. The Morgan fingerprint density at radius 1 is 1.13 bits per heavy atom. The molecule has 0 N–H and O–H groups in total. The lowest BCUT2D eigenvalue weighted by Gasteiger charge is -2.22. The smallest absolute Gasteiger partial charge is 0.310 e. The van der Waals surface area contributed by atoms with E-state index in [-0.39, 0.29) is 17.7 Å². The summed E-state index contributed by atoms with van der Waals surface area (Å²) in [6.45, 7) is 0. The third-order valence-electron chi connectivity index (χ3n) is 4.88. The Morgan fingerprint density at radius 2 is 1.90 bits per heavy atom. The van der Waals surface area contributed by atoms with Crippen molar-refractivity contribution in [2.24, 2.45) is 5.10 Å². The van der Waals surface area contributed by atoms with Crippen molar-refractivity contribution in [2.45, 2.75) is 12.5 Å². The van der Waals surface area contributed by atoms with Crippen LogP contribution < -0.4 is 9.47 Å². The van der Waals surface area contributed by atoms with Gasteiger partial charge in [-0.05, 0) is 57.9 Å². The molecule has 30 heavy (non-hydrogen) atoms. The highest BCUT2D eigenvalue weighted by Gasteiger charge is 2.36. The average molecular weight is 490 g/mol. The summed E-state index contributed by atoms with van der Waals surface area (Å²) >= 11 is 9.69. The van der Waals surface area contributed by atoms with Gasteiger partial charge in [-0.2, -0.15) is 5.10 Å². The molecule has 2 aromatic carbocycles. The first-order valence-electron chi connectivity index (χ1n) is 9.15. The minimum Gasteiger partial charge on any atom is -0.493 e. The molecule has 0 saturated heterocycles. The molecule has 6 nitrogen and oxygen atoms in total. The predicted octanol–water partition coefficient (Wildman–Crippen LogP) is 5.70. The summed E-state index contributed by atoms with van der Waals surface area (Å²) in [5, 5.41) is 6.65. The third-order valence-corrected chi connectivity index (χ3v) is 5.65. The van der Waals surface area contributed by atoms with Crippen molar-refractivity contribution in [1.29, 1.82) is 0 Å². The third kappa shape index (κ3) is 3.82. The number of amides is 1. The molecule has 1 aliphatic rings. The van der Waals surface area contributed by atoms with E-state index in [2.05, 4.69) is 21.0 Å². The monoisotopic (exact) mass is 488 g/mol. The first-order valence-corrected chi connectivity index (χ1v) is 10.3. The van der Waals surface area contributed by atoms with E-state index in [1.54, 1.807) is 32.4 Å². The van der Waals surface area contributed by atoms with Crippen LogP contribution in [0.3, 0.4) is 0 Å². The highest BCUT2D eigenvalue weighted by molar-refractivity contribution is 9.10. The number of carbonyl (C=O) groups is 1. The zero-order chi connectivity index (χ0) is 21.3. The molecule has 0 aliphatic carbocycles. The molecule has 1 unspecified atom stereocenters. The van der Waals surface area contributed by atoms with Crippen molar-refractivity contribution in [3.63, 3.8) is 0 Å². The van der Waals surface area contributed by atoms with Crippen LogP contribution in [0.2, 0.25) is 5.02 Å². The van der Waals surface area contributed by atoms with Crippen LogP contribution in [0.4, 0.5) is 0 Å². The maximum Gasteiger partial charge on any atom is 0.310 e. The van der Waals surface area contributed by atoms with Crippen LogP contribution in [0.1, 0.15) is 34.1 Å². The Bertz CT molecular complexity index is 1130. The van der Waals surface area contributed by atoms with Crippen LogP contribution in [0.5, 0.6) is 11.5 Å². The first-order chi connectivity index (χ1) is 14.5. The summed E-state index contributed by atoms with van der Waals surface area (Å²) in [7, 11) is 3.16. The Balaban J connectivity index is 1.76. The molecule has 1 aromatic heterocycles. The van der Waals surface area contributed by atoms with E-state index in [1.165, 1.54) is 5.01 Å².